The van der Waals surface area contributed by atoms with Gasteiger partial charge in [0.25, 0.3) is 18.5 Å². The van der Waals surface area contributed by atoms with E-state index in [4.69, 9.17) is 57.6 Å². The number of rotatable bonds is 27. The van der Waals surface area contributed by atoms with Crippen molar-refractivity contribution >= 4 is 59.2 Å². The molecule has 29 nitrogen and oxygen atoms in total. The molecule has 38 heteroatoms. The number of piperazine rings is 2. The van der Waals surface area contributed by atoms with Crippen LogP contribution in [-0.4, -0.2) is 300 Å². The van der Waals surface area contributed by atoms with Gasteiger partial charge in [-0.25, -0.2) is 9.59 Å². The summed E-state index contributed by atoms with van der Waals surface area (Å²) in [6, 6.07) is 3.64. The molecule has 0 aliphatic carbocycles. The molecule has 4 fully saturated rings. The van der Waals surface area contributed by atoms with E-state index in [0.29, 0.717) is 109 Å². The molecule has 3 N–H and O–H groups in total. The second-order valence-corrected chi connectivity index (χ2v) is 24.3. The van der Waals surface area contributed by atoms with Crippen molar-refractivity contribution in [3.8, 4) is 0 Å². The van der Waals surface area contributed by atoms with E-state index in [0.717, 1.165) is 24.4 Å². The summed E-state index contributed by atoms with van der Waals surface area (Å²) in [6.45, 7) is 19.5. The van der Waals surface area contributed by atoms with Gasteiger partial charge in [-0.05, 0) is 35.1 Å². The van der Waals surface area contributed by atoms with E-state index in [1.807, 2.05) is 43.3 Å². The fourth-order valence-electron chi connectivity index (χ4n) is 8.58. The second-order valence-electron chi connectivity index (χ2n) is 20.0. The molecule has 87 heavy (non-hydrogen) atoms. The average Bonchev–Trinajstić information content (AvgIpc) is 1.73. The maximum Gasteiger partial charge on any atom is -1.00 e. The molecule has 4 aliphatic rings. The average molecular weight is 1330 g/mol. The van der Waals surface area contributed by atoms with E-state index >= 15 is 0 Å². The number of aliphatic hydroxyl groups excluding tert-OH is 2. The zero-order chi connectivity index (χ0) is 63.7. The Hall–Kier alpha value is -4.28. The third-order valence-corrected chi connectivity index (χ3v) is 15.2. The molecule has 0 bridgehead atoms. The SMILES string of the molecule is CC(=O)N1C[C@@H](COC[P+](=O)N2CCN(C(=O)OCCOCCOCCO)CC2)O[C@@H](C)C1.CC(C)C(n1n[n+]([O-])c2ncccc21)=[N+](C)C.C[C@H]1CNC[C@@H](COC[P+](=O)N2CCN(C(=O)OCCOCCOCCO)CC2)O1.FP(F)(F)(F)F.[F-]. The van der Waals surface area contributed by atoms with E-state index in [2.05, 4.69) is 29.4 Å². The van der Waals surface area contributed by atoms with E-state index in [1.54, 1.807) is 36.3 Å². The van der Waals surface area contributed by atoms with Crippen LogP contribution in [0.2, 0.25) is 0 Å². The summed E-state index contributed by atoms with van der Waals surface area (Å²) in [5.74, 6) is 1.22. The zero-order valence-corrected chi connectivity index (χ0v) is 53.1. The van der Waals surface area contributed by atoms with Gasteiger partial charge in [0.2, 0.25) is 11.4 Å². The molecule has 4 aliphatic heterocycles. The monoisotopic (exact) mass is 1330 g/mol. The van der Waals surface area contributed by atoms with E-state index < -0.39 is 36.2 Å². The van der Waals surface area contributed by atoms with Crippen LogP contribution in [0.25, 0.3) is 11.2 Å². The van der Waals surface area contributed by atoms with Gasteiger partial charge < -0.3 is 87.5 Å². The van der Waals surface area contributed by atoms with Gasteiger partial charge in [0.1, 0.15) is 19.4 Å². The molecular weight excluding hydrogens is 1240 g/mol. The van der Waals surface area contributed by atoms with Gasteiger partial charge in [0.05, 0.1) is 155 Å². The molecule has 0 radical (unpaired) electrons. The first-order valence-corrected chi connectivity index (χ1v) is 32.5. The minimum atomic E-state index is -8.55. The molecule has 502 valence electrons. The Morgan fingerprint density at radius 3 is 1.60 bits per heavy atom. The predicted octanol–water partition coefficient (Wildman–Crippen LogP) is 0.184. The molecule has 3 amide bonds. The van der Waals surface area contributed by atoms with Crippen molar-refractivity contribution in [3.63, 3.8) is 0 Å². The summed E-state index contributed by atoms with van der Waals surface area (Å²) in [4.78, 5) is 45.3. The van der Waals surface area contributed by atoms with Crippen molar-refractivity contribution in [2.24, 2.45) is 5.92 Å². The van der Waals surface area contributed by atoms with Crippen LogP contribution in [0.5, 0.6) is 0 Å². The largest absolute Gasteiger partial charge is 1.00 e. The first kappa shape index (κ1) is 78.8. The number of fused-ring (bicyclic) bond motifs is 1. The fourth-order valence-corrected chi connectivity index (χ4v) is 10.7. The van der Waals surface area contributed by atoms with Gasteiger partial charge >= 0.3 is 62.9 Å². The van der Waals surface area contributed by atoms with E-state index in [1.165, 1.54) is 6.92 Å². The summed E-state index contributed by atoms with van der Waals surface area (Å²) in [7, 11) is -8.03. The van der Waals surface area contributed by atoms with E-state index in [9.17, 15) is 49.7 Å². The van der Waals surface area contributed by atoms with Crippen molar-refractivity contribution in [2.45, 2.75) is 59.0 Å². The minimum absolute atomic E-state index is 0. The number of ether oxygens (including phenoxy) is 10. The Morgan fingerprint density at radius 1 is 0.713 bits per heavy atom. The second kappa shape index (κ2) is 41.9. The number of carbonyl (C=O) groups excluding carboxylic acids is 3. The minimum Gasteiger partial charge on any atom is -1.00 e. The van der Waals surface area contributed by atoms with Crippen molar-refractivity contribution in [3.05, 3.63) is 23.5 Å². The smallest absolute Gasteiger partial charge is 1.00 e. The summed E-state index contributed by atoms with van der Waals surface area (Å²) in [5, 5.41) is 36.0. The maximum absolute atomic E-state index is 12.6. The van der Waals surface area contributed by atoms with Crippen LogP contribution < -0.4 is 14.9 Å². The van der Waals surface area contributed by atoms with Crippen LogP contribution in [0.15, 0.2) is 18.3 Å². The number of nitrogens with zero attached hydrogens (tertiary/aromatic N) is 10. The van der Waals surface area contributed by atoms with Crippen LogP contribution in [0.1, 0.15) is 34.6 Å². The van der Waals surface area contributed by atoms with Crippen LogP contribution >= 0.6 is 24.1 Å². The van der Waals surface area contributed by atoms with Crippen LogP contribution in [0.4, 0.5) is 30.6 Å². The Labute approximate surface area is 504 Å². The topological polar surface area (TPSA) is 307 Å². The van der Waals surface area contributed by atoms with Gasteiger partial charge in [-0.3, -0.25) is 9.37 Å². The van der Waals surface area contributed by atoms with Crippen LogP contribution in [-0.2, 0) is 61.3 Å². The van der Waals surface area contributed by atoms with Gasteiger partial charge in [-0.15, -0.1) is 9.83 Å². The molecule has 6 rings (SSSR count). The number of morpholine rings is 2. The van der Waals surface area contributed by atoms with Crippen LogP contribution in [0, 0.1) is 11.1 Å². The number of aromatic nitrogens is 4. The zero-order valence-electron chi connectivity index (χ0n) is 50.4. The van der Waals surface area contributed by atoms with Crippen molar-refractivity contribution in [1.82, 2.24) is 44.2 Å². The predicted molar refractivity (Wildman–Crippen MR) is 303 cm³/mol. The first-order chi connectivity index (χ1) is 40.8. The van der Waals surface area contributed by atoms with Gasteiger partial charge in [-0.1, -0.05) is 27.9 Å². The number of pyridine rings is 1. The molecule has 0 saturated carbocycles. The number of hydrogen-bond donors (Lipinski definition) is 3. The molecule has 6 heterocycles. The maximum atomic E-state index is 12.6. The summed E-state index contributed by atoms with van der Waals surface area (Å²) in [6.07, 6.45) is 0.873. The summed E-state index contributed by atoms with van der Waals surface area (Å²) < 4.78 is 135. The Bertz CT molecular complexity index is 2360. The number of aliphatic hydroxyl groups is 2. The molecule has 4 saturated heterocycles. The quantitative estimate of drug-likeness (QED) is 0.0204. The van der Waals surface area contributed by atoms with Gasteiger partial charge in [0, 0.05) is 59.3 Å². The van der Waals surface area contributed by atoms with Crippen LogP contribution in [0.3, 0.4) is 0 Å². The van der Waals surface area contributed by atoms with Crippen molar-refractivity contribution < 1.29 is 116 Å². The summed E-state index contributed by atoms with van der Waals surface area (Å²) in [5.41, 5.74) is 1.06. The van der Waals surface area contributed by atoms with Gasteiger partial charge in [0.15, 0.2) is 0 Å². The Balaban J connectivity index is 0.000000438. The Kier molecular flexibility index (Phi) is 38.0. The molecular formula is C49H88F6N11O18P3+2. The molecule has 2 aromatic heterocycles. The molecule has 2 unspecified atom stereocenters. The third-order valence-electron chi connectivity index (χ3n) is 12.3. The number of hydrogen-bond acceptors (Lipinski definition) is 21. The number of nitrogens with one attached hydrogen (secondary N) is 1. The summed E-state index contributed by atoms with van der Waals surface area (Å²) >= 11 is 0. The number of amides is 3. The first-order valence-electron chi connectivity index (χ1n) is 28.0. The molecule has 2 aromatic rings. The van der Waals surface area contributed by atoms with Crippen molar-refractivity contribution in [1.29, 1.82) is 0 Å². The molecule has 6 atom stereocenters. The Morgan fingerprint density at radius 2 is 1.16 bits per heavy atom. The standard InChI is InChI=1S/C20H37N3O9P.C18H35N3O8P.C11H16N5O.F5P.FH/c1-17-13-22(18(2)25)14-19(32-17)15-30-16-33(27)23-5-3-21(4-6-23)20(26)31-12-11-29-10-9-28-8-7-24;1-16-12-19-13-17(29-16)14-27-15-30(24)21-4-2-20(3-5-21)18(23)28-11-10-26-9-8-25-7-6-22;1-8(2)11(14(3)4)15-9-6-5-7-12-10(9)16(17)13-15;1-6(2,3,4)5;/h17,19,24H,3-16H2,1-2H3;16-17,19,22H,2-15H2,1H3;5-8H,1-4H3;;1H/q3*+1;;/p-1/t17-,19-;16-,17-;;;/m00.../s1. The van der Waals surface area contributed by atoms with Gasteiger partial charge in [-0.2, -0.15) is 0 Å². The number of carbonyl (C=O) groups is 3. The molecule has 0 aromatic carbocycles. The normalized spacial score (nSPS) is 20.0. The third kappa shape index (κ3) is 33.4. The van der Waals surface area contributed by atoms with Crippen molar-refractivity contribution in [2.75, 3.05) is 198 Å². The number of halogens is 6. The molecule has 0 spiro atoms. The van der Waals surface area contributed by atoms with E-state index in [-0.39, 0.29) is 113 Å². The fraction of sp³-hybridized carbons (Fsp3) is 0.816.